The molecule has 0 spiro atoms. The van der Waals surface area contributed by atoms with Gasteiger partial charge < -0.3 is 20.4 Å². The van der Waals surface area contributed by atoms with Crippen molar-refractivity contribution in [3.63, 3.8) is 0 Å². The lowest BCUT2D eigenvalue weighted by Gasteiger charge is -2.35. The third-order valence-electron chi connectivity index (χ3n) is 4.77. The van der Waals surface area contributed by atoms with Crippen molar-refractivity contribution in [3.8, 4) is 0 Å². The summed E-state index contributed by atoms with van der Waals surface area (Å²) in [4.78, 5) is 9.77. The van der Waals surface area contributed by atoms with Crippen molar-refractivity contribution in [2.45, 2.75) is 27.3 Å². The molecule has 25 heavy (non-hydrogen) atoms. The Kier molecular flexibility index (Phi) is 8.21. The second-order valence-corrected chi connectivity index (χ2v) is 6.86. The Morgan fingerprint density at radius 2 is 1.92 bits per heavy atom. The Hall–Kier alpha value is -1.60. The number of guanidine groups is 1. The molecule has 0 saturated carbocycles. The maximum atomic E-state index is 4.67. The predicted octanol–water partition coefficient (Wildman–Crippen LogP) is 0.749. The van der Waals surface area contributed by atoms with Crippen LogP contribution >= 0.6 is 0 Å². The number of likely N-dealkylation sites (N-methyl/N-ethyl adjacent to an activating group) is 1. The molecule has 1 fully saturated rings. The normalized spacial score (nSPS) is 18.3. The summed E-state index contributed by atoms with van der Waals surface area (Å²) in [6.45, 7) is 16.2. The van der Waals surface area contributed by atoms with Crippen LogP contribution in [0.4, 0.5) is 0 Å². The number of piperazine rings is 1. The first kappa shape index (κ1) is 19.7. The number of hydrogen-bond acceptors (Lipinski definition) is 4. The molecule has 1 aromatic rings. The van der Waals surface area contributed by atoms with Crippen molar-refractivity contribution < 1.29 is 0 Å². The molecule has 0 aromatic carbocycles. The molecule has 1 atom stereocenters. The van der Waals surface area contributed by atoms with Gasteiger partial charge in [0, 0.05) is 59.1 Å². The molecule has 2 N–H and O–H groups in total. The molecule has 2 heterocycles. The minimum absolute atomic E-state index is 0.591. The maximum absolute atomic E-state index is 4.67. The van der Waals surface area contributed by atoms with E-state index in [1.54, 1.807) is 0 Å². The summed E-state index contributed by atoms with van der Waals surface area (Å²) in [5.74, 6) is 1.47. The molecule has 7 heteroatoms. The number of nitrogens with one attached hydrogen (secondary N) is 2. The number of aromatic nitrogens is 2. The van der Waals surface area contributed by atoms with Crippen LogP contribution in [0.2, 0.25) is 0 Å². The molecule has 0 aliphatic carbocycles. The lowest BCUT2D eigenvalue weighted by atomic mass is 10.1. The van der Waals surface area contributed by atoms with E-state index in [1.807, 2.05) is 24.0 Å². The fourth-order valence-electron chi connectivity index (χ4n) is 3.12. The van der Waals surface area contributed by atoms with Gasteiger partial charge in [-0.05, 0) is 25.5 Å². The van der Waals surface area contributed by atoms with Crippen LogP contribution in [0.1, 0.15) is 26.5 Å². The van der Waals surface area contributed by atoms with Gasteiger partial charge >= 0.3 is 0 Å². The van der Waals surface area contributed by atoms with Crippen LogP contribution in [0.3, 0.4) is 0 Å². The molecule has 1 aliphatic rings. The molecule has 142 valence electrons. The number of rotatable bonds is 8. The summed E-state index contributed by atoms with van der Waals surface area (Å²) in [5.41, 5.74) is 1.11. The Morgan fingerprint density at radius 1 is 1.20 bits per heavy atom. The van der Waals surface area contributed by atoms with Crippen molar-refractivity contribution in [3.05, 3.63) is 18.0 Å². The maximum Gasteiger partial charge on any atom is 0.191 e. The summed E-state index contributed by atoms with van der Waals surface area (Å²) < 4.78 is 1.87. The van der Waals surface area contributed by atoms with E-state index in [1.165, 1.54) is 32.7 Å². The highest BCUT2D eigenvalue weighted by Crippen LogP contribution is 2.05. The Morgan fingerprint density at radius 3 is 2.52 bits per heavy atom. The van der Waals surface area contributed by atoms with Gasteiger partial charge in [0.1, 0.15) is 0 Å². The van der Waals surface area contributed by atoms with Crippen LogP contribution in [0.15, 0.2) is 17.3 Å². The van der Waals surface area contributed by atoms with Gasteiger partial charge in [-0.3, -0.25) is 4.68 Å². The van der Waals surface area contributed by atoms with Gasteiger partial charge in [-0.25, -0.2) is 4.99 Å². The van der Waals surface area contributed by atoms with E-state index in [0.29, 0.717) is 12.5 Å². The highest BCUT2D eigenvalue weighted by Gasteiger charge is 2.17. The molecule has 1 unspecified atom stereocenters. The second kappa shape index (κ2) is 10.4. The third-order valence-corrected chi connectivity index (χ3v) is 4.77. The SMILES string of the molecule is CCNC(=NCc1ccnn1C)NCC(C)CN1CCN(CC)CC1. The first-order valence-electron chi connectivity index (χ1n) is 9.56. The molecule has 0 amide bonds. The first-order chi connectivity index (χ1) is 12.1. The average molecular weight is 350 g/mol. The summed E-state index contributed by atoms with van der Waals surface area (Å²) in [6, 6.07) is 2.01. The van der Waals surface area contributed by atoms with Crippen LogP contribution in [-0.4, -0.2) is 77.9 Å². The largest absolute Gasteiger partial charge is 0.357 e. The molecule has 0 bridgehead atoms. The average Bonchev–Trinajstić information content (AvgIpc) is 3.03. The van der Waals surface area contributed by atoms with Crippen molar-refractivity contribution in [1.29, 1.82) is 0 Å². The molecule has 7 nitrogen and oxygen atoms in total. The fraction of sp³-hybridized carbons (Fsp3) is 0.778. The molecule has 1 aliphatic heterocycles. The van der Waals surface area contributed by atoms with Crippen molar-refractivity contribution in [2.24, 2.45) is 18.0 Å². The zero-order valence-corrected chi connectivity index (χ0v) is 16.3. The van der Waals surface area contributed by atoms with Crippen molar-refractivity contribution in [2.75, 3.05) is 52.4 Å². The van der Waals surface area contributed by atoms with E-state index in [4.69, 9.17) is 0 Å². The smallest absolute Gasteiger partial charge is 0.191 e. The summed E-state index contributed by atoms with van der Waals surface area (Å²) in [7, 11) is 1.95. The number of hydrogen-bond donors (Lipinski definition) is 2. The quantitative estimate of drug-likeness (QED) is 0.536. The Labute approximate surface area is 152 Å². The van der Waals surface area contributed by atoms with Crippen LogP contribution in [0.25, 0.3) is 0 Å². The standard InChI is InChI=1S/C18H35N7/c1-5-19-18(21-14-17-7-8-22-23(17)4)20-13-16(3)15-25-11-9-24(6-2)10-12-25/h7-8,16H,5-6,9-15H2,1-4H3,(H2,19,20,21). The summed E-state index contributed by atoms with van der Waals surface area (Å²) >= 11 is 0. The summed E-state index contributed by atoms with van der Waals surface area (Å²) in [6.07, 6.45) is 1.81. The van der Waals surface area contributed by atoms with Gasteiger partial charge in [0.05, 0.1) is 12.2 Å². The number of nitrogens with zero attached hydrogens (tertiary/aromatic N) is 5. The minimum atomic E-state index is 0.591. The Bertz CT molecular complexity index is 517. The highest BCUT2D eigenvalue weighted by molar-refractivity contribution is 5.79. The van der Waals surface area contributed by atoms with Gasteiger partial charge in [0.25, 0.3) is 0 Å². The number of aliphatic imine (C=N–C) groups is 1. The van der Waals surface area contributed by atoms with Crippen LogP contribution in [0, 0.1) is 5.92 Å². The molecule has 0 radical (unpaired) electrons. The topological polar surface area (TPSA) is 60.7 Å². The van der Waals surface area contributed by atoms with Crippen LogP contribution in [0.5, 0.6) is 0 Å². The molecular weight excluding hydrogens is 314 g/mol. The van der Waals surface area contributed by atoms with E-state index < -0.39 is 0 Å². The first-order valence-corrected chi connectivity index (χ1v) is 9.56. The van der Waals surface area contributed by atoms with Gasteiger partial charge in [-0.15, -0.1) is 0 Å². The van der Waals surface area contributed by atoms with E-state index in [-0.39, 0.29) is 0 Å². The lowest BCUT2D eigenvalue weighted by molar-refractivity contribution is 0.124. The van der Waals surface area contributed by atoms with Crippen molar-refractivity contribution >= 4 is 5.96 Å². The molecule has 2 rings (SSSR count). The van der Waals surface area contributed by atoms with Crippen LogP contribution in [-0.2, 0) is 13.6 Å². The van der Waals surface area contributed by atoms with E-state index in [2.05, 4.69) is 51.3 Å². The molecule has 1 saturated heterocycles. The summed E-state index contributed by atoms with van der Waals surface area (Å²) in [5, 5.41) is 11.0. The van der Waals surface area contributed by atoms with Gasteiger partial charge in [-0.2, -0.15) is 5.10 Å². The van der Waals surface area contributed by atoms with Crippen LogP contribution < -0.4 is 10.6 Å². The minimum Gasteiger partial charge on any atom is -0.357 e. The number of aryl methyl sites for hydroxylation is 1. The van der Waals surface area contributed by atoms with E-state index in [9.17, 15) is 0 Å². The molecule has 1 aromatic heterocycles. The second-order valence-electron chi connectivity index (χ2n) is 6.86. The highest BCUT2D eigenvalue weighted by atomic mass is 15.3. The van der Waals surface area contributed by atoms with Gasteiger partial charge in [-0.1, -0.05) is 13.8 Å². The van der Waals surface area contributed by atoms with E-state index >= 15 is 0 Å². The van der Waals surface area contributed by atoms with E-state index in [0.717, 1.165) is 31.3 Å². The van der Waals surface area contributed by atoms with Gasteiger partial charge in [0.15, 0.2) is 5.96 Å². The fourth-order valence-corrected chi connectivity index (χ4v) is 3.12. The third kappa shape index (κ3) is 6.66. The zero-order chi connectivity index (χ0) is 18.1. The monoisotopic (exact) mass is 349 g/mol. The van der Waals surface area contributed by atoms with Gasteiger partial charge in [0.2, 0.25) is 0 Å². The predicted molar refractivity (Wildman–Crippen MR) is 104 cm³/mol. The zero-order valence-electron chi connectivity index (χ0n) is 16.3. The van der Waals surface area contributed by atoms with Crippen molar-refractivity contribution in [1.82, 2.24) is 30.2 Å². The Balaban J connectivity index is 1.75. The lowest BCUT2D eigenvalue weighted by Crippen LogP contribution is -2.48. The molecular formula is C18H35N7.